The molecule has 2 aromatic rings. The molecule has 1 aromatic carbocycles. The molecule has 3 N–H and O–H groups in total. The predicted molar refractivity (Wildman–Crippen MR) is 102 cm³/mol. The number of H-pyrrole nitrogens is 1. The number of sulfone groups is 1. The van der Waals surface area contributed by atoms with Crippen molar-refractivity contribution in [3.63, 3.8) is 0 Å². The zero-order chi connectivity index (χ0) is 20.3. The van der Waals surface area contributed by atoms with Crippen LogP contribution in [0, 0.1) is 0 Å². The molecule has 10 nitrogen and oxygen atoms in total. The molecular formula is C17H21N5O5S. The van der Waals surface area contributed by atoms with Gasteiger partial charge in [-0.05, 0) is 25.6 Å². The number of hydrogen-bond donors (Lipinski definition) is 3. The van der Waals surface area contributed by atoms with Gasteiger partial charge >= 0.3 is 6.03 Å². The second-order valence-electron chi connectivity index (χ2n) is 6.82. The number of imide groups is 1. The van der Waals surface area contributed by atoms with E-state index in [0.717, 1.165) is 0 Å². The number of fused-ring (bicyclic) bond motifs is 1. The van der Waals surface area contributed by atoms with Crippen molar-refractivity contribution in [1.29, 1.82) is 0 Å². The van der Waals surface area contributed by atoms with Gasteiger partial charge in [0.15, 0.2) is 9.84 Å². The molecule has 0 spiro atoms. The number of para-hydroxylation sites is 1. The third-order valence-electron chi connectivity index (χ3n) is 4.32. The number of rotatable bonds is 5. The highest BCUT2D eigenvalue weighted by Crippen LogP contribution is 2.11. The van der Waals surface area contributed by atoms with Gasteiger partial charge in [0.2, 0.25) is 5.91 Å². The van der Waals surface area contributed by atoms with Crippen molar-refractivity contribution in [3.8, 4) is 0 Å². The molecular weight excluding hydrogens is 386 g/mol. The Balaban J connectivity index is 1.52. The number of carbonyl (C=O) groups is 2. The van der Waals surface area contributed by atoms with Gasteiger partial charge in [-0.2, -0.15) is 0 Å². The van der Waals surface area contributed by atoms with Crippen LogP contribution in [0.3, 0.4) is 0 Å². The van der Waals surface area contributed by atoms with E-state index in [0.29, 0.717) is 23.1 Å². The summed E-state index contributed by atoms with van der Waals surface area (Å²) in [7, 11) is -1.46. The van der Waals surface area contributed by atoms with Crippen molar-refractivity contribution in [2.45, 2.75) is 19.0 Å². The monoisotopic (exact) mass is 407 g/mol. The van der Waals surface area contributed by atoms with E-state index in [1.165, 1.54) is 0 Å². The van der Waals surface area contributed by atoms with Gasteiger partial charge in [-0.1, -0.05) is 12.1 Å². The number of aromatic amines is 1. The van der Waals surface area contributed by atoms with Gasteiger partial charge in [-0.25, -0.2) is 18.2 Å². The highest BCUT2D eigenvalue weighted by molar-refractivity contribution is 7.91. The zero-order valence-electron chi connectivity index (χ0n) is 15.3. The summed E-state index contributed by atoms with van der Waals surface area (Å²) in [5.74, 6) is -0.232. The molecule has 1 aromatic heterocycles. The number of nitrogens with one attached hydrogen (secondary N) is 3. The first-order valence-corrected chi connectivity index (χ1v) is 10.5. The van der Waals surface area contributed by atoms with Gasteiger partial charge in [0.05, 0.1) is 35.5 Å². The number of likely N-dealkylation sites (N-methyl/N-ethyl adjacent to an activating group) is 1. The summed E-state index contributed by atoms with van der Waals surface area (Å²) >= 11 is 0. The highest BCUT2D eigenvalue weighted by atomic mass is 32.2. The molecule has 28 heavy (non-hydrogen) atoms. The molecule has 1 aliphatic heterocycles. The summed E-state index contributed by atoms with van der Waals surface area (Å²) in [4.78, 5) is 44.5. The van der Waals surface area contributed by atoms with E-state index in [2.05, 4.69) is 20.6 Å². The third kappa shape index (κ3) is 5.14. The Kier molecular flexibility index (Phi) is 5.75. The average Bonchev–Trinajstić information content (AvgIpc) is 2.92. The minimum Gasteiger partial charge on any atom is -0.334 e. The second kappa shape index (κ2) is 8.07. The van der Waals surface area contributed by atoms with E-state index in [1.807, 2.05) is 0 Å². The van der Waals surface area contributed by atoms with E-state index in [1.54, 1.807) is 36.2 Å². The number of carbonyl (C=O) groups excluding carboxylic acids is 2. The SMILES string of the molecule is CN(CC(=O)NC(=O)N[C@@H]1CCS(=O)(=O)C1)Cc1nc2ccccc2c(=O)[nH]1. The molecule has 3 amide bonds. The number of nitrogens with zero attached hydrogens (tertiary/aromatic N) is 2. The molecule has 0 aliphatic carbocycles. The Bertz CT molecular complexity index is 1070. The zero-order valence-corrected chi connectivity index (χ0v) is 16.1. The van der Waals surface area contributed by atoms with E-state index in [9.17, 15) is 22.8 Å². The predicted octanol–water partition coefficient (Wildman–Crippen LogP) is -0.632. The van der Waals surface area contributed by atoms with Gasteiger partial charge in [-0.3, -0.25) is 19.8 Å². The molecule has 150 valence electrons. The van der Waals surface area contributed by atoms with Gasteiger partial charge in [-0.15, -0.1) is 0 Å². The summed E-state index contributed by atoms with van der Waals surface area (Å²) in [5, 5.41) is 5.15. The topological polar surface area (TPSA) is 141 Å². The Morgan fingerprint density at radius 3 is 2.79 bits per heavy atom. The first-order valence-electron chi connectivity index (χ1n) is 8.69. The quantitative estimate of drug-likeness (QED) is 0.599. The lowest BCUT2D eigenvalue weighted by Gasteiger charge is -2.16. The lowest BCUT2D eigenvalue weighted by atomic mass is 10.2. The first kappa shape index (κ1) is 20.0. The molecule has 1 fully saturated rings. The minimum atomic E-state index is -3.11. The molecule has 2 heterocycles. The van der Waals surface area contributed by atoms with Gasteiger partial charge < -0.3 is 10.3 Å². The van der Waals surface area contributed by atoms with E-state index in [4.69, 9.17) is 0 Å². The Morgan fingerprint density at radius 2 is 2.07 bits per heavy atom. The fourth-order valence-electron chi connectivity index (χ4n) is 3.06. The number of benzene rings is 1. The third-order valence-corrected chi connectivity index (χ3v) is 6.08. The largest absolute Gasteiger partial charge is 0.334 e. The Hall–Kier alpha value is -2.79. The van der Waals surface area contributed by atoms with E-state index in [-0.39, 0.29) is 30.2 Å². The second-order valence-corrected chi connectivity index (χ2v) is 9.05. The lowest BCUT2D eigenvalue weighted by Crippen LogP contribution is -2.47. The van der Waals surface area contributed by atoms with Crippen molar-refractivity contribution in [2.75, 3.05) is 25.1 Å². The summed E-state index contributed by atoms with van der Waals surface area (Å²) in [5.41, 5.74) is 0.300. The van der Waals surface area contributed by atoms with Crippen LogP contribution in [0.1, 0.15) is 12.2 Å². The molecule has 1 aliphatic rings. The smallest absolute Gasteiger partial charge is 0.321 e. The maximum Gasteiger partial charge on any atom is 0.321 e. The average molecular weight is 407 g/mol. The summed E-state index contributed by atoms with van der Waals surface area (Å²) in [6.07, 6.45) is 0.338. The molecule has 3 rings (SSSR count). The normalized spacial score (nSPS) is 18.3. The summed E-state index contributed by atoms with van der Waals surface area (Å²) in [6, 6.07) is 5.73. The molecule has 1 saturated heterocycles. The minimum absolute atomic E-state index is 0.0333. The molecule has 0 bridgehead atoms. The highest BCUT2D eigenvalue weighted by Gasteiger charge is 2.29. The number of aromatic nitrogens is 2. The van der Waals surface area contributed by atoms with Crippen LogP contribution >= 0.6 is 0 Å². The van der Waals surface area contributed by atoms with Gasteiger partial charge in [0, 0.05) is 6.04 Å². The van der Waals surface area contributed by atoms with Crippen LogP contribution in [-0.2, 0) is 21.2 Å². The van der Waals surface area contributed by atoms with Gasteiger partial charge in [0.1, 0.15) is 5.82 Å². The van der Waals surface area contributed by atoms with Crippen LogP contribution in [-0.4, -0.2) is 66.4 Å². The number of hydrogen-bond acceptors (Lipinski definition) is 7. The maximum absolute atomic E-state index is 12.1. The fourth-order valence-corrected chi connectivity index (χ4v) is 4.74. The molecule has 1 atom stereocenters. The van der Waals surface area contributed by atoms with Crippen LogP contribution < -0.4 is 16.2 Å². The van der Waals surface area contributed by atoms with Crippen LogP contribution in [0.4, 0.5) is 4.79 Å². The first-order chi connectivity index (χ1) is 13.2. The van der Waals surface area contributed by atoms with Crippen molar-refractivity contribution in [3.05, 3.63) is 40.4 Å². The maximum atomic E-state index is 12.1. The van der Waals surface area contributed by atoms with Crippen molar-refractivity contribution < 1.29 is 18.0 Å². The van der Waals surface area contributed by atoms with Crippen LogP contribution in [0.5, 0.6) is 0 Å². The molecule has 0 radical (unpaired) electrons. The van der Waals surface area contributed by atoms with Crippen LogP contribution in [0.25, 0.3) is 10.9 Å². The summed E-state index contributed by atoms with van der Waals surface area (Å²) in [6.45, 7) is 0.100. The van der Waals surface area contributed by atoms with Crippen LogP contribution in [0.2, 0.25) is 0 Å². The van der Waals surface area contributed by atoms with Crippen molar-refractivity contribution in [1.82, 2.24) is 25.5 Å². The van der Waals surface area contributed by atoms with Gasteiger partial charge in [0.25, 0.3) is 5.56 Å². The number of amides is 3. The molecule has 0 saturated carbocycles. The Morgan fingerprint density at radius 1 is 1.32 bits per heavy atom. The number of urea groups is 1. The Labute approximate surface area is 161 Å². The lowest BCUT2D eigenvalue weighted by molar-refractivity contribution is -0.121. The fraction of sp³-hybridized carbons (Fsp3) is 0.412. The van der Waals surface area contributed by atoms with Crippen molar-refractivity contribution in [2.24, 2.45) is 0 Å². The van der Waals surface area contributed by atoms with E-state index >= 15 is 0 Å². The van der Waals surface area contributed by atoms with Crippen LogP contribution in [0.15, 0.2) is 29.1 Å². The summed E-state index contributed by atoms with van der Waals surface area (Å²) < 4.78 is 22.8. The molecule has 0 unspecified atom stereocenters. The van der Waals surface area contributed by atoms with E-state index < -0.39 is 27.8 Å². The molecule has 11 heteroatoms. The van der Waals surface area contributed by atoms with Crippen molar-refractivity contribution >= 4 is 32.7 Å². The standard InChI is InChI=1S/C17H21N5O5S/c1-22(8-14-19-13-5-3-2-4-12(13)16(24)20-14)9-15(23)21-17(25)18-11-6-7-28(26,27)10-11/h2-5,11H,6-10H2,1H3,(H,19,20,24)(H2,18,21,23,25)/t11-/m1/s1.